The van der Waals surface area contributed by atoms with Gasteiger partial charge in [-0.05, 0) is 65.9 Å². The van der Waals surface area contributed by atoms with Gasteiger partial charge in [-0.2, -0.15) is 0 Å². The molecule has 144 valence electrons. The minimum Gasteiger partial charge on any atom is -0.300 e. The highest BCUT2D eigenvalue weighted by molar-refractivity contribution is 9.10. The van der Waals surface area contributed by atoms with Crippen LogP contribution in [0.15, 0.2) is 93.9 Å². The highest BCUT2D eigenvalue weighted by atomic mass is 79.9. The summed E-state index contributed by atoms with van der Waals surface area (Å²) in [4.78, 5) is 15.8. The first-order valence-corrected chi connectivity index (χ1v) is 11.3. The lowest BCUT2D eigenvalue weighted by Crippen LogP contribution is -2.43. The molecular weight excluding hydrogens is 490 g/mol. The van der Waals surface area contributed by atoms with E-state index in [0.29, 0.717) is 17.4 Å². The van der Waals surface area contributed by atoms with Crippen LogP contribution in [0.2, 0.25) is 0 Å². The van der Waals surface area contributed by atoms with Crippen LogP contribution in [0.1, 0.15) is 39.9 Å². The van der Waals surface area contributed by atoms with Gasteiger partial charge in [0, 0.05) is 26.1 Å². The zero-order valence-corrected chi connectivity index (χ0v) is 18.8. The number of amides is 1. The van der Waals surface area contributed by atoms with E-state index in [2.05, 4.69) is 80.4 Å². The molecule has 0 saturated carbocycles. The Kier molecular flexibility index (Phi) is 4.92. The Morgan fingerprint density at radius 3 is 2.38 bits per heavy atom. The molecule has 0 radical (unpaired) electrons. The summed E-state index contributed by atoms with van der Waals surface area (Å²) in [5.74, 6) is 0.689. The maximum absolute atomic E-state index is 13.8. The van der Waals surface area contributed by atoms with E-state index < -0.39 is 0 Å². The van der Waals surface area contributed by atoms with Crippen LogP contribution in [0.25, 0.3) is 0 Å². The first kappa shape index (κ1) is 18.8. The Morgan fingerprint density at radius 1 is 0.897 bits per heavy atom. The number of hydrogen-bond donors (Lipinski definition) is 0. The van der Waals surface area contributed by atoms with Gasteiger partial charge in [0.2, 0.25) is 0 Å². The molecule has 1 amide bonds. The maximum atomic E-state index is 13.8. The van der Waals surface area contributed by atoms with Gasteiger partial charge < -0.3 is 4.90 Å². The Labute approximate surface area is 187 Å². The molecule has 29 heavy (non-hydrogen) atoms. The fraction of sp³-hybridized carbons (Fsp3) is 0.160. The van der Waals surface area contributed by atoms with E-state index in [4.69, 9.17) is 0 Å². The molecule has 0 aromatic heterocycles. The monoisotopic (exact) mass is 507 g/mol. The number of carbonyl (C=O) groups is 1. The number of halogens is 2. The summed E-state index contributed by atoms with van der Waals surface area (Å²) in [6.45, 7) is 0. The number of benzene rings is 3. The van der Waals surface area contributed by atoms with Crippen molar-refractivity contribution in [3.8, 4) is 0 Å². The van der Waals surface area contributed by atoms with Gasteiger partial charge in [-0.3, -0.25) is 4.79 Å². The number of hydrogen-bond acceptors (Lipinski definition) is 1. The quantitative estimate of drug-likeness (QED) is 0.333. The normalized spacial score (nSPS) is 22.3. The first-order valence-electron chi connectivity index (χ1n) is 9.73. The molecule has 4 heteroatoms. The zero-order chi connectivity index (χ0) is 20.0. The van der Waals surface area contributed by atoms with Crippen molar-refractivity contribution in [1.29, 1.82) is 0 Å². The third kappa shape index (κ3) is 3.28. The van der Waals surface area contributed by atoms with Gasteiger partial charge in [0.25, 0.3) is 5.91 Å². The van der Waals surface area contributed by atoms with Crippen LogP contribution in [0.4, 0.5) is 5.69 Å². The smallest absolute Gasteiger partial charge is 0.258 e. The van der Waals surface area contributed by atoms with Gasteiger partial charge >= 0.3 is 0 Å². The van der Waals surface area contributed by atoms with Crippen LogP contribution in [-0.4, -0.2) is 5.91 Å². The maximum Gasteiger partial charge on any atom is 0.258 e. The van der Waals surface area contributed by atoms with E-state index in [0.717, 1.165) is 21.1 Å². The fourth-order valence-corrected chi connectivity index (χ4v) is 5.34. The molecular formula is C25H19Br2NO. The SMILES string of the molecule is O=C(c1ccccc1)N1c2ccc(Br)cc2[C@H]2C=CC[C@H]2[C@@H]1c1ccc(Br)cc1. The number of nitrogens with zero attached hydrogens (tertiary/aromatic N) is 1. The van der Waals surface area contributed by atoms with Gasteiger partial charge in [0.05, 0.1) is 6.04 Å². The van der Waals surface area contributed by atoms with Crippen LogP contribution in [0.5, 0.6) is 0 Å². The zero-order valence-electron chi connectivity index (χ0n) is 15.6. The number of anilines is 1. The minimum absolute atomic E-state index is 0.00974. The molecule has 1 aliphatic heterocycles. The van der Waals surface area contributed by atoms with Crippen LogP contribution >= 0.6 is 31.9 Å². The lowest BCUT2D eigenvalue weighted by atomic mass is 9.75. The third-order valence-electron chi connectivity index (χ3n) is 5.96. The van der Waals surface area contributed by atoms with E-state index in [1.165, 1.54) is 11.1 Å². The van der Waals surface area contributed by atoms with E-state index >= 15 is 0 Å². The molecule has 3 atom stereocenters. The topological polar surface area (TPSA) is 20.3 Å². The molecule has 0 N–H and O–H groups in total. The summed E-state index contributed by atoms with van der Waals surface area (Å²) < 4.78 is 2.09. The van der Waals surface area contributed by atoms with E-state index in [9.17, 15) is 4.79 Å². The predicted molar refractivity (Wildman–Crippen MR) is 124 cm³/mol. The van der Waals surface area contributed by atoms with Crippen molar-refractivity contribution in [2.75, 3.05) is 4.90 Å². The largest absolute Gasteiger partial charge is 0.300 e. The van der Waals surface area contributed by atoms with Crippen molar-refractivity contribution in [3.05, 3.63) is 111 Å². The van der Waals surface area contributed by atoms with Gasteiger partial charge in [0.15, 0.2) is 0 Å². The third-order valence-corrected chi connectivity index (χ3v) is 6.98. The second-order valence-corrected chi connectivity index (χ2v) is 9.43. The van der Waals surface area contributed by atoms with E-state index in [1.54, 1.807) is 0 Å². The van der Waals surface area contributed by atoms with E-state index in [1.807, 2.05) is 41.3 Å². The van der Waals surface area contributed by atoms with E-state index in [-0.39, 0.29) is 11.9 Å². The van der Waals surface area contributed by atoms with Crippen LogP contribution in [-0.2, 0) is 0 Å². The van der Waals surface area contributed by atoms with Gasteiger partial charge in [-0.15, -0.1) is 0 Å². The first-order chi connectivity index (χ1) is 14.1. The Balaban J connectivity index is 1.71. The average molecular weight is 509 g/mol. The number of allylic oxidation sites excluding steroid dienone is 2. The summed E-state index contributed by atoms with van der Waals surface area (Å²) in [5.41, 5.74) is 4.11. The molecule has 2 aliphatic rings. The molecule has 3 aromatic carbocycles. The standard InChI is InChI=1S/C25H19Br2NO/c26-18-11-9-16(10-12-18)24-21-8-4-7-20(21)22-15-19(27)13-14-23(22)28(24)25(29)17-5-2-1-3-6-17/h1-7,9-15,20-21,24H,8H2/t20-,21+,24-/m0/s1. The lowest BCUT2D eigenvalue weighted by Gasteiger charge is -2.44. The number of fused-ring (bicyclic) bond motifs is 3. The summed E-state index contributed by atoms with van der Waals surface area (Å²) in [7, 11) is 0. The van der Waals surface area contributed by atoms with Gasteiger partial charge in [-0.25, -0.2) is 0 Å². The van der Waals surface area contributed by atoms with Crippen LogP contribution < -0.4 is 4.90 Å². The Morgan fingerprint density at radius 2 is 1.62 bits per heavy atom. The minimum atomic E-state index is -0.00974. The second-order valence-electron chi connectivity index (χ2n) is 7.59. The lowest BCUT2D eigenvalue weighted by molar-refractivity contribution is 0.0961. The summed E-state index contributed by atoms with van der Waals surface area (Å²) >= 11 is 7.17. The fourth-order valence-electron chi connectivity index (χ4n) is 4.70. The summed E-state index contributed by atoms with van der Waals surface area (Å²) in [5, 5.41) is 0. The Bertz CT molecular complexity index is 1090. The molecule has 3 aromatic rings. The second kappa shape index (κ2) is 7.58. The summed E-state index contributed by atoms with van der Waals surface area (Å²) in [6.07, 6.45) is 5.55. The molecule has 0 unspecified atom stereocenters. The van der Waals surface area contributed by atoms with Crippen molar-refractivity contribution < 1.29 is 4.79 Å². The molecule has 0 spiro atoms. The molecule has 2 nitrogen and oxygen atoms in total. The van der Waals surface area contributed by atoms with Crippen molar-refractivity contribution in [2.45, 2.75) is 18.4 Å². The van der Waals surface area contributed by atoms with Crippen molar-refractivity contribution in [2.24, 2.45) is 5.92 Å². The predicted octanol–water partition coefficient (Wildman–Crippen LogP) is 7.27. The number of rotatable bonds is 2. The van der Waals surface area contributed by atoms with Crippen LogP contribution in [0.3, 0.4) is 0 Å². The van der Waals surface area contributed by atoms with Gasteiger partial charge in [-0.1, -0.05) is 74.3 Å². The van der Waals surface area contributed by atoms with Crippen molar-refractivity contribution in [3.63, 3.8) is 0 Å². The van der Waals surface area contributed by atoms with Gasteiger partial charge in [0.1, 0.15) is 0 Å². The van der Waals surface area contributed by atoms with Crippen LogP contribution in [0, 0.1) is 5.92 Å². The molecule has 0 saturated heterocycles. The van der Waals surface area contributed by atoms with Crippen molar-refractivity contribution >= 4 is 43.5 Å². The Hall–Kier alpha value is -2.17. The summed E-state index contributed by atoms with van der Waals surface area (Å²) in [6, 6.07) is 24.3. The molecule has 1 heterocycles. The molecule has 5 rings (SSSR count). The highest BCUT2D eigenvalue weighted by Gasteiger charge is 2.44. The average Bonchev–Trinajstić information content (AvgIpc) is 3.24. The highest BCUT2D eigenvalue weighted by Crippen LogP contribution is 2.53. The number of carbonyl (C=O) groups excluding carboxylic acids is 1. The molecule has 0 fully saturated rings. The molecule has 0 bridgehead atoms. The van der Waals surface area contributed by atoms with Crippen molar-refractivity contribution in [1.82, 2.24) is 0 Å². The molecule has 1 aliphatic carbocycles.